The van der Waals surface area contributed by atoms with E-state index >= 15 is 0 Å². The van der Waals surface area contributed by atoms with Crippen molar-refractivity contribution in [2.45, 2.75) is 70.6 Å². The van der Waals surface area contributed by atoms with Crippen molar-refractivity contribution in [2.24, 2.45) is 5.10 Å². The smallest absolute Gasteiger partial charge is 0.267 e. The standard InChI is InChI=1S/C27H32N4O/c32-27(31-30-22-14-8-6-4-2-1-3-5-7-9-15-22)24-19-26(21-13-12-18-28-20-21)29-25-17-11-10-16-23(24)25/h10-13,16-20H,1-9,14-15H2,(H,31,32). The van der Waals surface area contributed by atoms with Crippen LogP contribution in [-0.4, -0.2) is 21.6 Å². The number of hydrogen-bond donors (Lipinski definition) is 1. The average Bonchev–Trinajstić information content (AvgIpc) is 2.83. The van der Waals surface area contributed by atoms with Crippen molar-refractivity contribution in [2.75, 3.05) is 0 Å². The maximum Gasteiger partial charge on any atom is 0.272 e. The Kier molecular flexibility index (Phi) is 7.96. The van der Waals surface area contributed by atoms with Gasteiger partial charge in [0.15, 0.2) is 0 Å². The summed E-state index contributed by atoms with van der Waals surface area (Å²) >= 11 is 0. The molecule has 5 heteroatoms. The van der Waals surface area contributed by atoms with Crippen molar-refractivity contribution >= 4 is 22.5 Å². The first kappa shape index (κ1) is 22.1. The van der Waals surface area contributed by atoms with Gasteiger partial charge in [-0.2, -0.15) is 5.10 Å². The molecule has 1 aromatic carbocycles. The van der Waals surface area contributed by atoms with Crippen LogP contribution in [0.15, 0.2) is 60.0 Å². The second kappa shape index (κ2) is 11.5. The third kappa shape index (κ3) is 6.00. The number of hydrogen-bond acceptors (Lipinski definition) is 4. The minimum absolute atomic E-state index is 0.188. The van der Waals surface area contributed by atoms with Gasteiger partial charge in [-0.15, -0.1) is 0 Å². The van der Waals surface area contributed by atoms with E-state index in [2.05, 4.69) is 15.5 Å². The van der Waals surface area contributed by atoms with E-state index in [1.807, 2.05) is 42.5 Å². The van der Waals surface area contributed by atoms with Gasteiger partial charge >= 0.3 is 0 Å². The SMILES string of the molecule is O=C(NN=C1CCCCCCCCCCC1)c1cc(-c2cccnc2)nc2ccccc12. The Balaban J connectivity index is 1.55. The first-order valence-corrected chi connectivity index (χ1v) is 12.0. The number of fused-ring (bicyclic) bond motifs is 1. The third-order valence-electron chi connectivity index (χ3n) is 6.16. The summed E-state index contributed by atoms with van der Waals surface area (Å²) in [5.41, 5.74) is 6.98. The molecule has 1 saturated carbocycles. The highest BCUT2D eigenvalue weighted by Crippen LogP contribution is 2.24. The predicted octanol–water partition coefficient (Wildman–Crippen LogP) is 6.69. The molecule has 2 aromatic heterocycles. The van der Waals surface area contributed by atoms with Gasteiger partial charge in [-0.25, -0.2) is 10.4 Å². The fraction of sp³-hybridized carbons (Fsp3) is 0.407. The molecular formula is C27H32N4O. The number of aromatic nitrogens is 2. The molecule has 5 nitrogen and oxygen atoms in total. The summed E-state index contributed by atoms with van der Waals surface area (Å²) in [5.74, 6) is -0.188. The van der Waals surface area contributed by atoms with E-state index in [0.29, 0.717) is 5.56 Å². The molecule has 0 atom stereocenters. The first-order valence-electron chi connectivity index (χ1n) is 12.0. The Morgan fingerprint density at radius 1 is 0.844 bits per heavy atom. The molecule has 2 heterocycles. The predicted molar refractivity (Wildman–Crippen MR) is 131 cm³/mol. The molecule has 0 aliphatic heterocycles. The monoisotopic (exact) mass is 428 g/mol. The Bertz CT molecular complexity index is 1050. The normalized spacial score (nSPS) is 16.1. The van der Waals surface area contributed by atoms with Crippen LogP contribution in [0.25, 0.3) is 22.2 Å². The van der Waals surface area contributed by atoms with Gasteiger partial charge in [0.2, 0.25) is 0 Å². The lowest BCUT2D eigenvalue weighted by Gasteiger charge is -2.11. The van der Waals surface area contributed by atoms with Crippen molar-refractivity contribution < 1.29 is 4.79 Å². The van der Waals surface area contributed by atoms with E-state index in [4.69, 9.17) is 4.98 Å². The summed E-state index contributed by atoms with van der Waals surface area (Å²) in [7, 11) is 0. The van der Waals surface area contributed by atoms with Crippen LogP contribution in [0.5, 0.6) is 0 Å². The molecule has 1 aliphatic rings. The lowest BCUT2D eigenvalue weighted by molar-refractivity contribution is 0.0956. The van der Waals surface area contributed by atoms with E-state index in [0.717, 1.165) is 53.6 Å². The maximum absolute atomic E-state index is 13.2. The number of benzene rings is 1. The minimum atomic E-state index is -0.188. The molecule has 1 aliphatic carbocycles. The number of carbonyl (C=O) groups excluding carboxylic acids is 1. The average molecular weight is 429 g/mol. The number of para-hydroxylation sites is 1. The van der Waals surface area contributed by atoms with E-state index in [1.54, 1.807) is 12.4 Å². The summed E-state index contributed by atoms with van der Waals surface area (Å²) < 4.78 is 0. The summed E-state index contributed by atoms with van der Waals surface area (Å²) in [4.78, 5) is 22.1. The molecule has 0 spiro atoms. The largest absolute Gasteiger partial charge is 0.272 e. The van der Waals surface area contributed by atoms with Gasteiger partial charge in [-0.3, -0.25) is 9.78 Å². The highest BCUT2D eigenvalue weighted by molar-refractivity contribution is 6.07. The van der Waals surface area contributed by atoms with Crippen LogP contribution in [0.1, 0.15) is 81.0 Å². The topological polar surface area (TPSA) is 67.2 Å². The van der Waals surface area contributed by atoms with Crippen LogP contribution in [-0.2, 0) is 0 Å². The van der Waals surface area contributed by atoms with Crippen LogP contribution in [0.4, 0.5) is 0 Å². The molecule has 0 bridgehead atoms. The Morgan fingerprint density at radius 2 is 1.53 bits per heavy atom. The zero-order chi connectivity index (χ0) is 22.0. The Labute approximate surface area is 190 Å². The van der Waals surface area contributed by atoms with Gasteiger partial charge in [0.25, 0.3) is 5.91 Å². The van der Waals surface area contributed by atoms with Crippen molar-refractivity contribution in [1.29, 1.82) is 0 Å². The lowest BCUT2D eigenvalue weighted by atomic mass is 10.00. The fourth-order valence-corrected chi connectivity index (χ4v) is 4.35. The second-order valence-electron chi connectivity index (χ2n) is 8.61. The quantitative estimate of drug-likeness (QED) is 0.473. The minimum Gasteiger partial charge on any atom is -0.267 e. The summed E-state index contributed by atoms with van der Waals surface area (Å²) in [6, 6.07) is 13.4. The number of amides is 1. The van der Waals surface area contributed by atoms with E-state index in [-0.39, 0.29) is 5.91 Å². The molecule has 0 saturated heterocycles. The number of nitrogens with one attached hydrogen (secondary N) is 1. The molecule has 3 aromatic rings. The zero-order valence-electron chi connectivity index (χ0n) is 18.7. The molecule has 0 radical (unpaired) electrons. The lowest BCUT2D eigenvalue weighted by Crippen LogP contribution is -2.20. The van der Waals surface area contributed by atoms with Crippen molar-refractivity contribution in [3.05, 3.63) is 60.4 Å². The van der Waals surface area contributed by atoms with Gasteiger partial charge in [-0.05, 0) is 49.9 Å². The number of pyridine rings is 2. The number of hydrazone groups is 1. The van der Waals surface area contributed by atoms with Crippen molar-refractivity contribution in [3.63, 3.8) is 0 Å². The third-order valence-corrected chi connectivity index (χ3v) is 6.16. The molecule has 1 N–H and O–H groups in total. The molecule has 1 fully saturated rings. The van der Waals surface area contributed by atoms with Crippen LogP contribution in [0.2, 0.25) is 0 Å². The maximum atomic E-state index is 13.2. The number of rotatable bonds is 3. The van der Waals surface area contributed by atoms with Crippen LogP contribution in [0, 0.1) is 0 Å². The summed E-state index contributed by atoms with van der Waals surface area (Å²) in [5, 5.41) is 5.41. The first-order chi connectivity index (χ1) is 15.8. The van der Waals surface area contributed by atoms with Gasteiger partial charge in [-0.1, -0.05) is 63.1 Å². The van der Waals surface area contributed by atoms with E-state index in [9.17, 15) is 4.79 Å². The van der Waals surface area contributed by atoms with Gasteiger partial charge in [0.05, 0.1) is 16.8 Å². The molecule has 1 amide bonds. The van der Waals surface area contributed by atoms with E-state index < -0.39 is 0 Å². The van der Waals surface area contributed by atoms with Gasteiger partial charge in [0, 0.05) is 29.1 Å². The fourth-order valence-electron chi connectivity index (χ4n) is 4.35. The molecule has 166 valence electrons. The van der Waals surface area contributed by atoms with E-state index in [1.165, 1.54) is 44.9 Å². The number of nitrogens with zero attached hydrogens (tertiary/aromatic N) is 3. The summed E-state index contributed by atoms with van der Waals surface area (Å²) in [6.07, 6.45) is 16.9. The Morgan fingerprint density at radius 3 is 2.22 bits per heavy atom. The molecule has 0 unspecified atom stereocenters. The number of carbonyl (C=O) groups is 1. The van der Waals surface area contributed by atoms with Gasteiger partial charge in [0.1, 0.15) is 0 Å². The zero-order valence-corrected chi connectivity index (χ0v) is 18.7. The molecule has 32 heavy (non-hydrogen) atoms. The Hall–Kier alpha value is -3.08. The van der Waals surface area contributed by atoms with Gasteiger partial charge < -0.3 is 0 Å². The van der Waals surface area contributed by atoms with Crippen LogP contribution >= 0.6 is 0 Å². The molecule has 4 rings (SSSR count). The summed E-state index contributed by atoms with van der Waals surface area (Å²) in [6.45, 7) is 0. The van der Waals surface area contributed by atoms with Crippen LogP contribution < -0.4 is 5.43 Å². The van der Waals surface area contributed by atoms with Crippen molar-refractivity contribution in [1.82, 2.24) is 15.4 Å². The highest BCUT2D eigenvalue weighted by atomic mass is 16.2. The molecular weight excluding hydrogens is 396 g/mol. The highest BCUT2D eigenvalue weighted by Gasteiger charge is 2.14. The van der Waals surface area contributed by atoms with Crippen LogP contribution in [0.3, 0.4) is 0 Å². The second-order valence-corrected chi connectivity index (χ2v) is 8.61. The van der Waals surface area contributed by atoms with Crippen molar-refractivity contribution in [3.8, 4) is 11.3 Å².